The van der Waals surface area contributed by atoms with Crippen molar-refractivity contribution >= 4 is 45.2 Å². The number of benzene rings is 3. The number of hydrogen-bond acceptors (Lipinski definition) is 5. The van der Waals surface area contributed by atoms with Gasteiger partial charge in [-0.2, -0.15) is 0 Å². The van der Waals surface area contributed by atoms with Crippen molar-refractivity contribution in [2.75, 3.05) is 11.1 Å². The number of carbonyl (C=O) groups is 2. The van der Waals surface area contributed by atoms with Crippen LogP contribution < -0.4 is 10.6 Å². The highest BCUT2D eigenvalue weighted by Crippen LogP contribution is 2.25. The first-order valence-corrected chi connectivity index (χ1v) is 14.0. The molecular formula is C29H30BrN5O2S. The van der Waals surface area contributed by atoms with Crippen LogP contribution in [0.5, 0.6) is 0 Å². The summed E-state index contributed by atoms with van der Waals surface area (Å²) in [5, 5.41) is 15.1. The Bertz CT molecular complexity index is 1430. The number of aryl methyl sites for hydroxylation is 1. The maximum Gasteiger partial charge on any atom is 0.251 e. The molecule has 0 aliphatic carbocycles. The van der Waals surface area contributed by atoms with Crippen LogP contribution in [0.25, 0.3) is 5.69 Å². The number of amides is 2. The zero-order chi connectivity index (χ0) is 27.3. The van der Waals surface area contributed by atoms with Crippen LogP contribution in [0.1, 0.15) is 48.1 Å². The van der Waals surface area contributed by atoms with Gasteiger partial charge in [0, 0.05) is 21.4 Å². The van der Waals surface area contributed by atoms with E-state index < -0.39 is 0 Å². The molecule has 196 valence electrons. The van der Waals surface area contributed by atoms with Crippen molar-refractivity contribution in [3.05, 3.63) is 99.8 Å². The molecule has 1 heterocycles. The number of aromatic nitrogens is 3. The average molecular weight is 593 g/mol. The third-order valence-electron chi connectivity index (χ3n) is 5.84. The summed E-state index contributed by atoms with van der Waals surface area (Å²) in [5.41, 5.74) is 4.42. The Morgan fingerprint density at radius 2 is 1.68 bits per heavy atom. The average Bonchev–Trinajstić information content (AvgIpc) is 3.29. The molecule has 3 aromatic carbocycles. The Morgan fingerprint density at radius 3 is 2.34 bits per heavy atom. The van der Waals surface area contributed by atoms with Gasteiger partial charge in [0.2, 0.25) is 5.91 Å². The molecule has 0 saturated heterocycles. The molecule has 0 aliphatic heterocycles. The van der Waals surface area contributed by atoms with Crippen LogP contribution in [-0.4, -0.2) is 32.3 Å². The van der Waals surface area contributed by atoms with Crippen LogP contribution in [0.4, 0.5) is 5.69 Å². The molecule has 0 atom stereocenters. The normalized spacial score (nSPS) is 11.3. The van der Waals surface area contributed by atoms with Gasteiger partial charge in [-0.05, 0) is 72.0 Å². The summed E-state index contributed by atoms with van der Waals surface area (Å²) < 4.78 is 2.80. The van der Waals surface area contributed by atoms with E-state index in [0.29, 0.717) is 16.5 Å². The zero-order valence-corrected chi connectivity index (χ0v) is 24.2. The number of rotatable bonds is 8. The molecular weight excluding hydrogens is 562 g/mol. The van der Waals surface area contributed by atoms with E-state index in [2.05, 4.69) is 57.5 Å². The fourth-order valence-corrected chi connectivity index (χ4v) is 4.83. The second-order valence-corrected chi connectivity index (χ2v) is 11.8. The molecule has 38 heavy (non-hydrogen) atoms. The predicted molar refractivity (Wildman–Crippen MR) is 156 cm³/mol. The maximum absolute atomic E-state index is 12.9. The van der Waals surface area contributed by atoms with E-state index >= 15 is 0 Å². The number of carbonyl (C=O) groups excluding carboxylic acids is 2. The number of nitrogens with zero attached hydrogens (tertiary/aromatic N) is 3. The van der Waals surface area contributed by atoms with Crippen LogP contribution in [0.3, 0.4) is 0 Å². The minimum absolute atomic E-state index is 0.0150. The molecule has 0 unspecified atom stereocenters. The second kappa shape index (κ2) is 12.0. The third-order valence-corrected chi connectivity index (χ3v) is 7.30. The number of hydrogen-bond donors (Lipinski definition) is 2. The highest BCUT2D eigenvalue weighted by atomic mass is 79.9. The van der Waals surface area contributed by atoms with E-state index in [1.54, 1.807) is 0 Å². The molecule has 4 aromatic rings. The van der Waals surface area contributed by atoms with Gasteiger partial charge in [0.1, 0.15) is 0 Å². The molecule has 1 aromatic heterocycles. The fourth-order valence-electron chi connectivity index (χ4n) is 3.79. The van der Waals surface area contributed by atoms with Gasteiger partial charge < -0.3 is 10.6 Å². The van der Waals surface area contributed by atoms with Crippen LogP contribution >= 0.6 is 27.7 Å². The summed E-state index contributed by atoms with van der Waals surface area (Å²) in [7, 11) is 0. The number of nitrogens with one attached hydrogen (secondary N) is 2. The molecule has 0 radical (unpaired) electrons. The molecule has 9 heteroatoms. The first kappa shape index (κ1) is 27.6. The maximum atomic E-state index is 12.9. The van der Waals surface area contributed by atoms with Crippen molar-refractivity contribution in [2.45, 2.75) is 44.8 Å². The van der Waals surface area contributed by atoms with Crippen molar-refractivity contribution in [2.24, 2.45) is 0 Å². The zero-order valence-electron chi connectivity index (χ0n) is 21.8. The summed E-state index contributed by atoms with van der Waals surface area (Å²) in [4.78, 5) is 25.5. The van der Waals surface area contributed by atoms with E-state index in [-0.39, 0.29) is 29.5 Å². The molecule has 2 amide bonds. The van der Waals surface area contributed by atoms with E-state index in [1.807, 2.05) is 84.3 Å². The van der Waals surface area contributed by atoms with Gasteiger partial charge in [0.15, 0.2) is 11.0 Å². The molecule has 0 aliphatic rings. The minimum atomic E-state index is -0.192. The number of halogens is 1. The van der Waals surface area contributed by atoms with Crippen molar-refractivity contribution in [3.63, 3.8) is 0 Å². The van der Waals surface area contributed by atoms with Crippen molar-refractivity contribution in [3.8, 4) is 5.69 Å². The Kier molecular flexibility index (Phi) is 8.69. The summed E-state index contributed by atoms with van der Waals surface area (Å²) in [6.07, 6.45) is 0. The smallest absolute Gasteiger partial charge is 0.251 e. The Labute approximate surface area is 235 Å². The summed E-state index contributed by atoms with van der Waals surface area (Å²) in [5.74, 6) is 0.394. The molecule has 0 fully saturated rings. The van der Waals surface area contributed by atoms with Crippen LogP contribution in [0.15, 0.2) is 82.4 Å². The van der Waals surface area contributed by atoms with Gasteiger partial charge in [-0.15, -0.1) is 10.2 Å². The van der Waals surface area contributed by atoms with Crippen LogP contribution in [0.2, 0.25) is 0 Å². The lowest BCUT2D eigenvalue weighted by molar-refractivity contribution is -0.113. The van der Waals surface area contributed by atoms with Crippen molar-refractivity contribution in [1.82, 2.24) is 20.1 Å². The van der Waals surface area contributed by atoms with Gasteiger partial charge in [-0.25, -0.2) is 0 Å². The summed E-state index contributed by atoms with van der Waals surface area (Å²) in [6, 6.07) is 23.0. The standard InChI is InChI=1S/C29H30BrN5O2S/c1-19-6-5-7-23(16-19)32-26(36)18-38-28-34-33-25(35(28)24-14-12-22(30)13-15-24)17-31-27(37)20-8-10-21(11-9-20)29(2,3)4/h5-16H,17-18H2,1-4H3,(H,31,37)(H,32,36). The second-order valence-electron chi connectivity index (χ2n) is 9.93. The molecule has 0 spiro atoms. The van der Waals surface area contributed by atoms with Crippen molar-refractivity contribution in [1.29, 1.82) is 0 Å². The van der Waals surface area contributed by atoms with Crippen LogP contribution in [-0.2, 0) is 16.8 Å². The van der Waals surface area contributed by atoms with Gasteiger partial charge in [0.05, 0.1) is 12.3 Å². The summed E-state index contributed by atoms with van der Waals surface area (Å²) >= 11 is 4.76. The van der Waals surface area contributed by atoms with E-state index in [4.69, 9.17) is 0 Å². The highest BCUT2D eigenvalue weighted by molar-refractivity contribution is 9.10. The monoisotopic (exact) mass is 591 g/mol. The number of thioether (sulfide) groups is 1. The molecule has 7 nitrogen and oxygen atoms in total. The SMILES string of the molecule is Cc1cccc(NC(=O)CSc2nnc(CNC(=O)c3ccc(C(C)(C)C)cc3)n2-c2ccc(Br)cc2)c1. The number of anilines is 1. The largest absolute Gasteiger partial charge is 0.345 e. The molecule has 0 bridgehead atoms. The van der Waals surface area contributed by atoms with E-state index in [1.165, 1.54) is 11.8 Å². The lowest BCUT2D eigenvalue weighted by atomic mass is 9.87. The fraction of sp³-hybridized carbons (Fsp3) is 0.241. The molecule has 0 saturated carbocycles. The quantitative estimate of drug-likeness (QED) is 0.235. The molecule has 2 N–H and O–H groups in total. The van der Waals surface area contributed by atoms with Crippen molar-refractivity contribution < 1.29 is 9.59 Å². The first-order chi connectivity index (χ1) is 18.1. The highest BCUT2D eigenvalue weighted by Gasteiger charge is 2.18. The summed E-state index contributed by atoms with van der Waals surface area (Å²) in [6.45, 7) is 8.57. The van der Waals surface area contributed by atoms with Gasteiger partial charge in [-0.3, -0.25) is 14.2 Å². The third kappa shape index (κ3) is 7.11. The van der Waals surface area contributed by atoms with E-state index in [9.17, 15) is 9.59 Å². The molecule has 4 rings (SSSR count). The van der Waals surface area contributed by atoms with Gasteiger partial charge in [-0.1, -0.05) is 72.7 Å². The Balaban J connectivity index is 1.48. The van der Waals surface area contributed by atoms with Gasteiger partial charge in [0.25, 0.3) is 5.91 Å². The first-order valence-electron chi connectivity index (χ1n) is 12.2. The van der Waals surface area contributed by atoms with Crippen LogP contribution in [0, 0.1) is 6.92 Å². The predicted octanol–water partition coefficient (Wildman–Crippen LogP) is 6.30. The lowest BCUT2D eigenvalue weighted by Crippen LogP contribution is -2.25. The minimum Gasteiger partial charge on any atom is -0.345 e. The Hall–Kier alpha value is -3.43. The lowest BCUT2D eigenvalue weighted by Gasteiger charge is -2.19. The Morgan fingerprint density at radius 1 is 0.974 bits per heavy atom. The van der Waals surface area contributed by atoms with E-state index in [0.717, 1.165) is 27.0 Å². The van der Waals surface area contributed by atoms with Gasteiger partial charge >= 0.3 is 0 Å². The topological polar surface area (TPSA) is 88.9 Å².